The standard InChI is InChI=1S/C14H18O7/c1-18-7-8-2-4-9(5-3-8)19-13-11(16)12-14(17,21-12)10(6-15)20-13/h2-5,10-13,15-17H,6-7H2,1H3. The molecule has 3 rings (SSSR count). The third-order valence-electron chi connectivity index (χ3n) is 3.67. The number of aliphatic hydroxyl groups is 3. The molecule has 5 unspecified atom stereocenters. The van der Waals surface area contributed by atoms with E-state index in [1.807, 2.05) is 12.1 Å². The molecule has 7 heteroatoms. The lowest BCUT2D eigenvalue weighted by molar-refractivity contribution is -0.239. The Bertz CT molecular complexity index is 491. The van der Waals surface area contributed by atoms with Gasteiger partial charge in [-0.3, -0.25) is 0 Å². The van der Waals surface area contributed by atoms with Crippen LogP contribution in [-0.2, 0) is 20.8 Å². The smallest absolute Gasteiger partial charge is 0.229 e. The van der Waals surface area contributed by atoms with Crippen LogP contribution in [-0.4, -0.2) is 59.4 Å². The first-order chi connectivity index (χ1) is 10.1. The van der Waals surface area contributed by atoms with Crippen molar-refractivity contribution in [1.29, 1.82) is 0 Å². The van der Waals surface area contributed by atoms with Crippen molar-refractivity contribution in [3.8, 4) is 5.75 Å². The number of aliphatic hydroxyl groups excluding tert-OH is 2. The molecule has 2 heterocycles. The van der Waals surface area contributed by atoms with Gasteiger partial charge in [0.2, 0.25) is 12.1 Å². The molecule has 2 aliphatic rings. The summed E-state index contributed by atoms with van der Waals surface area (Å²) in [4.78, 5) is 0. The van der Waals surface area contributed by atoms with Gasteiger partial charge in [-0.1, -0.05) is 12.1 Å². The van der Waals surface area contributed by atoms with Gasteiger partial charge in [-0.25, -0.2) is 0 Å². The van der Waals surface area contributed by atoms with Crippen LogP contribution < -0.4 is 4.74 Å². The van der Waals surface area contributed by atoms with E-state index in [9.17, 15) is 15.3 Å². The average molecular weight is 298 g/mol. The van der Waals surface area contributed by atoms with Crippen LogP contribution in [0.2, 0.25) is 0 Å². The molecule has 2 aliphatic heterocycles. The molecule has 0 aromatic heterocycles. The van der Waals surface area contributed by atoms with Crippen LogP contribution in [0.3, 0.4) is 0 Å². The fraction of sp³-hybridized carbons (Fsp3) is 0.571. The topological polar surface area (TPSA) is 101 Å². The van der Waals surface area contributed by atoms with Gasteiger partial charge in [-0.15, -0.1) is 0 Å². The van der Waals surface area contributed by atoms with E-state index in [4.69, 9.17) is 18.9 Å². The quantitative estimate of drug-likeness (QED) is 0.623. The maximum absolute atomic E-state index is 10.0. The summed E-state index contributed by atoms with van der Waals surface area (Å²) in [6.45, 7) is 0.0741. The summed E-state index contributed by atoms with van der Waals surface area (Å²) >= 11 is 0. The summed E-state index contributed by atoms with van der Waals surface area (Å²) in [6.07, 6.45) is -3.88. The molecular weight excluding hydrogens is 280 g/mol. The summed E-state index contributed by atoms with van der Waals surface area (Å²) in [7, 11) is 1.61. The molecule has 0 aliphatic carbocycles. The van der Waals surface area contributed by atoms with Crippen molar-refractivity contribution in [2.75, 3.05) is 13.7 Å². The Hall–Kier alpha value is -1.22. The summed E-state index contributed by atoms with van der Waals surface area (Å²) < 4.78 is 21.0. The van der Waals surface area contributed by atoms with Gasteiger partial charge in [0.15, 0.2) is 0 Å². The Morgan fingerprint density at radius 3 is 2.62 bits per heavy atom. The van der Waals surface area contributed by atoms with Crippen molar-refractivity contribution in [3.05, 3.63) is 29.8 Å². The minimum Gasteiger partial charge on any atom is -0.462 e. The number of rotatable bonds is 5. The van der Waals surface area contributed by atoms with Gasteiger partial charge in [-0.2, -0.15) is 0 Å². The van der Waals surface area contributed by atoms with Gasteiger partial charge < -0.3 is 34.3 Å². The van der Waals surface area contributed by atoms with Gasteiger partial charge in [0, 0.05) is 7.11 Å². The minimum absolute atomic E-state index is 0.424. The molecule has 0 amide bonds. The predicted octanol–water partition coefficient (Wildman–Crippen LogP) is -0.623. The van der Waals surface area contributed by atoms with E-state index in [1.54, 1.807) is 19.2 Å². The molecule has 5 atom stereocenters. The number of hydrogen-bond acceptors (Lipinski definition) is 7. The number of epoxide rings is 1. The van der Waals surface area contributed by atoms with Gasteiger partial charge in [0.25, 0.3) is 0 Å². The molecule has 2 fully saturated rings. The third-order valence-corrected chi connectivity index (χ3v) is 3.67. The SMILES string of the molecule is COCc1ccc(OC2OC(CO)C3(O)OC3C2O)cc1. The van der Waals surface area contributed by atoms with Crippen LogP contribution in [0.25, 0.3) is 0 Å². The van der Waals surface area contributed by atoms with E-state index in [0.29, 0.717) is 12.4 Å². The highest BCUT2D eigenvalue weighted by atomic mass is 16.8. The second kappa shape index (κ2) is 5.53. The maximum atomic E-state index is 10.0. The van der Waals surface area contributed by atoms with E-state index in [-0.39, 0.29) is 0 Å². The molecule has 7 nitrogen and oxygen atoms in total. The molecule has 2 saturated heterocycles. The molecule has 1 aromatic carbocycles. The lowest BCUT2D eigenvalue weighted by Crippen LogP contribution is -2.54. The minimum atomic E-state index is -1.61. The number of hydrogen-bond donors (Lipinski definition) is 3. The molecule has 0 saturated carbocycles. The van der Waals surface area contributed by atoms with Crippen LogP contribution in [0.5, 0.6) is 5.75 Å². The fourth-order valence-electron chi connectivity index (χ4n) is 2.46. The van der Waals surface area contributed by atoms with E-state index < -0.39 is 37.0 Å². The lowest BCUT2D eigenvalue weighted by atomic mass is 10.0. The molecule has 0 bridgehead atoms. The predicted molar refractivity (Wildman–Crippen MR) is 69.4 cm³/mol. The summed E-state index contributed by atoms with van der Waals surface area (Å²) in [5.74, 6) is -1.11. The third kappa shape index (κ3) is 2.64. The van der Waals surface area contributed by atoms with Crippen molar-refractivity contribution in [2.45, 2.75) is 37.0 Å². The van der Waals surface area contributed by atoms with Gasteiger partial charge in [0.05, 0.1) is 13.2 Å². The number of fused-ring (bicyclic) bond motifs is 1. The highest BCUT2D eigenvalue weighted by molar-refractivity contribution is 5.27. The fourth-order valence-corrected chi connectivity index (χ4v) is 2.46. The van der Waals surface area contributed by atoms with Crippen LogP contribution in [0.15, 0.2) is 24.3 Å². The molecule has 1 aromatic rings. The Morgan fingerprint density at radius 1 is 1.29 bits per heavy atom. The molecule has 3 N–H and O–H groups in total. The van der Waals surface area contributed by atoms with E-state index >= 15 is 0 Å². The van der Waals surface area contributed by atoms with Crippen LogP contribution in [0, 0.1) is 0 Å². The van der Waals surface area contributed by atoms with E-state index in [1.165, 1.54) is 0 Å². The summed E-state index contributed by atoms with van der Waals surface area (Å²) in [5.41, 5.74) is 0.989. The Morgan fingerprint density at radius 2 is 2.00 bits per heavy atom. The van der Waals surface area contributed by atoms with Gasteiger partial charge >= 0.3 is 0 Å². The molecule has 21 heavy (non-hydrogen) atoms. The zero-order valence-corrected chi connectivity index (χ0v) is 11.5. The Balaban J connectivity index is 1.67. The zero-order valence-electron chi connectivity index (χ0n) is 11.5. The van der Waals surface area contributed by atoms with Crippen molar-refractivity contribution in [2.24, 2.45) is 0 Å². The van der Waals surface area contributed by atoms with Gasteiger partial charge in [-0.05, 0) is 17.7 Å². The molecule has 0 spiro atoms. The van der Waals surface area contributed by atoms with Crippen molar-refractivity contribution >= 4 is 0 Å². The highest BCUT2D eigenvalue weighted by Crippen LogP contribution is 2.46. The average Bonchev–Trinajstić information content (AvgIpc) is 3.18. The monoisotopic (exact) mass is 298 g/mol. The van der Waals surface area contributed by atoms with Crippen LogP contribution >= 0.6 is 0 Å². The summed E-state index contributed by atoms with van der Waals surface area (Å²) in [6, 6.07) is 7.13. The van der Waals surface area contributed by atoms with Crippen molar-refractivity contribution in [1.82, 2.24) is 0 Å². The molecular formula is C14H18O7. The first-order valence-electron chi connectivity index (χ1n) is 6.67. The highest BCUT2D eigenvalue weighted by Gasteiger charge is 2.70. The second-order valence-electron chi connectivity index (χ2n) is 5.15. The number of methoxy groups -OCH3 is 1. The largest absolute Gasteiger partial charge is 0.462 e. The Labute approximate surface area is 121 Å². The second-order valence-corrected chi connectivity index (χ2v) is 5.15. The van der Waals surface area contributed by atoms with E-state index in [2.05, 4.69) is 0 Å². The maximum Gasteiger partial charge on any atom is 0.229 e. The van der Waals surface area contributed by atoms with Crippen LogP contribution in [0.4, 0.5) is 0 Å². The zero-order chi connectivity index (χ0) is 15.0. The number of benzene rings is 1. The van der Waals surface area contributed by atoms with Crippen molar-refractivity contribution < 1.29 is 34.3 Å². The van der Waals surface area contributed by atoms with E-state index in [0.717, 1.165) is 5.56 Å². The Kier molecular flexibility index (Phi) is 3.87. The van der Waals surface area contributed by atoms with Crippen LogP contribution in [0.1, 0.15) is 5.56 Å². The first-order valence-corrected chi connectivity index (χ1v) is 6.67. The normalized spacial score (nSPS) is 37.9. The first kappa shape index (κ1) is 14.7. The summed E-state index contributed by atoms with van der Waals surface area (Å²) in [5, 5.41) is 29.1. The molecule has 116 valence electrons. The van der Waals surface area contributed by atoms with Crippen molar-refractivity contribution in [3.63, 3.8) is 0 Å². The van der Waals surface area contributed by atoms with Gasteiger partial charge in [0.1, 0.15) is 24.1 Å². The lowest BCUT2D eigenvalue weighted by Gasteiger charge is -2.32. The number of ether oxygens (including phenoxy) is 4. The molecule has 0 radical (unpaired) electrons.